The molecule has 5 nitrogen and oxygen atoms in total. The molecule has 1 N–H and O–H groups in total. The fourth-order valence-electron chi connectivity index (χ4n) is 4.15. The molecule has 1 aromatic heterocycles. The average molecular weight is 422 g/mol. The second kappa shape index (κ2) is 9.04. The van der Waals surface area contributed by atoms with E-state index in [1.165, 1.54) is 24.6 Å². The van der Waals surface area contributed by atoms with Crippen molar-refractivity contribution < 1.29 is 4.79 Å². The van der Waals surface area contributed by atoms with Crippen molar-refractivity contribution in [3.8, 4) is 5.69 Å². The lowest BCUT2D eigenvalue weighted by Gasteiger charge is -2.29. The summed E-state index contributed by atoms with van der Waals surface area (Å²) < 4.78 is 1.64. The van der Waals surface area contributed by atoms with Crippen LogP contribution in [0, 0.1) is 12.8 Å². The third-order valence-corrected chi connectivity index (χ3v) is 6.83. The molecule has 0 bridgehead atoms. The van der Waals surface area contributed by atoms with Gasteiger partial charge in [0.2, 0.25) is 5.91 Å². The summed E-state index contributed by atoms with van der Waals surface area (Å²) in [5.74, 6) is 0.744. The number of nitrogens with one attached hydrogen (secondary N) is 1. The minimum atomic E-state index is -0.112. The zero-order chi connectivity index (χ0) is 21.1. The molecule has 0 aliphatic heterocycles. The maximum Gasteiger partial charge on any atom is 0.266 e. The maximum absolute atomic E-state index is 13.3. The molecule has 1 aliphatic rings. The molecule has 1 heterocycles. The Labute approximate surface area is 180 Å². The highest BCUT2D eigenvalue weighted by Gasteiger charge is 2.23. The van der Waals surface area contributed by atoms with Crippen LogP contribution in [0.2, 0.25) is 0 Å². The average Bonchev–Trinajstić information content (AvgIpc) is 2.75. The molecule has 2 aromatic carbocycles. The summed E-state index contributed by atoms with van der Waals surface area (Å²) in [5, 5.41) is 4.30. The lowest BCUT2D eigenvalue weighted by molar-refractivity contribution is -0.119. The molecular formula is C24H27N3O2S. The molecule has 6 heteroatoms. The highest BCUT2D eigenvalue weighted by atomic mass is 32.2. The molecule has 1 amide bonds. The molecule has 0 unspecified atom stereocenters. The van der Waals surface area contributed by atoms with Crippen LogP contribution in [0.1, 0.15) is 38.2 Å². The zero-order valence-electron chi connectivity index (χ0n) is 17.4. The monoisotopic (exact) mass is 421 g/mol. The Hall–Kier alpha value is -2.60. The molecule has 2 atom stereocenters. The summed E-state index contributed by atoms with van der Waals surface area (Å²) in [6.45, 7) is 4.18. The maximum atomic E-state index is 13.3. The number of hydrogen-bond donors (Lipinski definition) is 1. The molecule has 4 rings (SSSR count). The van der Waals surface area contributed by atoms with E-state index in [0.29, 0.717) is 22.0 Å². The van der Waals surface area contributed by atoms with Gasteiger partial charge in [-0.05, 0) is 49.4 Å². The minimum Gasteiger partial charge on any atom is -0.352 e. The smallest absolute Gasteiger partial charge is 0.266 e. The van der Waals surface area contributed by atoms with Crippen molar-refractivity contribution in [2.75, 3.05) is 5.75 Å². The number of benzene rings is 2. The normalized spacial score (nSPS) is 19.0. The van der Waals surface area contributed by atoms with E-state index in [1.54, 1.807) is 10.6 Å². The van der Waals surface area contributed by atoms with Crippen LogP contribution in [0.5, 0.6) is 0 Å². The molecule has 1 aliphatic carbocycles. The predicted molar refractivity (Wildman–Crippen MR) is 122 cm³/mol. The number of carbonyl (C=O) groups excluding carboxylic acids is 1. The lowest BCUT2D eigenvalue weighted by Crippen LogP contribution is -2.41. The van der Waals surface area contributed by atoms with Gasteiger partial charge in [0.1, 0.15) is 0 Å². The first-order valence-corrected chi connectivity index (χ1v) is 11.5. The van der Waals surface area contributed by atoms with Crippen LogP contribution in [-0.4, -0.2) is 27.3 Å². The third kappa shape index (κ3) is 4.29. The summed E-state index contributed by atoms with van der Waals surface area (Å²) in [6, 6.07) is 15.4. The van der Waals surface area contributed by atoms with E-state index < -0.39 is 0 Å². The zero-order valence-corrected chi connectivity index (χ0v) is 18.2. The summed E-state index contributed by atoms with van der Waals surface area (Å²) >= 11 is 1.32. The molecule has 0 spiro atoms. The van der Waals surface area contributed by atoms with Crippen LogP contribution in [0.25, 0.3) is 16.6 Å². The fraction of sp³-hybridized carbons (Fsp3) is 0.375. The van der Waals surface area contributed by atoms with Crippen LogP contribution in [-0.2, 0) is 4.79 Å². The SMILES string of the molecule is Cc1ccccc1-n1c(SCC(=O)N[C@@H]2CCCC[C@H]2C)nc2ccccc2c1=O. The Bertz CT molecular complexity index is 1120. The molecule has 30 heavy (non-hydrogen) atoms. The number of rotatable bonds is 5. The quantitative estimate of drug-likeness (QED) is 0.487. The Morgan fingerprint density at radius 3 is 2.67 bits per heavy atom. The number of hydrogen-bond acceptors (Lipinski definition) is 4. The molecule has 0 saturated heterocycles. The second-order valence-corrected chi connectivity index (χ2v) is 9.01. The van der Waals surface area contributed by atoms with Crippen molar-refractivity contribution in [2.45, 2.75) is 50.7 Å². The lowest BCUT2D eigenvalue weighted by atomic mass is 9.86. The molecule has 3 aromatic rings. The van der Waals surface area contributed by atoms with Gasteiger partial charge in [-0.15, -0.1) is 0 Å². The van der Waals surface area contributed by atoms with E-state index in [9.17, 15) is 9.59 Å². The van der Waals surface area contributed by atoms with Crippen molar-refractivity contribution in [3.05, 3.63) is 64.4 Å². The van der Waals surface area contributed by atoms with E-state index >= 15 is 0 Å². The Balaban J connectivity index is 1.64. The first-order valence-electron chi connectivity index (χ1n) is 10.5. The van der Waals surface area contributed by atoms with Crippen molar-refractivity contribution in [1.82, 2.24) is 14.9 Å². The van der Waals surface area contributed by atoms with Crippen LogP contribution < -0.4 is 10.9 Å². The number of thioether (sulfide) groups is 1. The summed E-state index contributed by atoms with van der Waals surface area (Å²) in [4.78, 5) is 30.7. The highest BCUT2D eigenvalue weighted by molar-refractivity contribution is 7.99. The number of fused-ring (bicyclic) bond motifs is 1. The first-order chi connectivity index (χ1) is 14.5. The van der Waals surface area contributed by atoms with Crippen LogP contribution in [0.3, 0.4) is 0 Å². The number of aromatic nitrogens is 2. The summed E-state index contributed by atoms with van der Waals surface area (Å²) in [7, 11) is 0. The van der Waals surface area contributed by atoms with Crippen molar-refractivity contribution in [1.29, 1.82) is 0 Å². The minimum absolute atomic E-state index is 0.00232. The number of aryl methyl sites for hydroxylation is 1. The molecule has 1 saturated carbocycles. The predicted octanol–water partition coefficient (Wildman–Crippen LogP) is 4.48. The Kier molecular flexibility index (Phi) is 6.23. The van der Waals surface area contributed by atoms with Crippen molar-refractivity contribution in [2.24, 2.45) is 5.92 Å². The largest absolute Gasteiger partial charge is 0.352 e. The standard InChI is InChI=1S/C24H27N3O2S/c1-16-9-3-6-12-19(16)25-22(28)15-30-24-26-20-13-7-5-11-18(20)23(29)27(24)21-14-8-4-10-17(21)2/h4-5,7-8,10-11,13-14,16,19H,3,6,9,12,15H2,1-2H3,(H,25,28)/t16-,19-/m1/s1. The number of carbonyl (C=O) groups is 1. The Morgan fingerprint density at radius 1 is 1.13 bits per heavy atom. The number of para-hydroxylation sites is 2. The first kappa shape index (κ1) is 20.7. The molecule has 156 valence electrons. The van der Waals surface area contributed by atoms with Gasteiger partial charge in [-0.2, -0.15) is 0 Å². The van der Waals surface area contributed by atoms with Gasteiger partial charge in [0, 0.05) is 6.04 Å². The van der Waals surface area contributed by atoms with E-state index in [4.69, 9.17) is 4.98 Å². The van der Waals surface area contributed by atoms with Gasteiger partial charge >= 0.3 is 0 Å². The topological polar surface area (TPSA) is 64.0 Å². The van der Waals surface area contributed by atoms with E-state index in [1.807, 2.05) is 49.4 Å². The van der Waals surface area contributed by atoms with E-state index in [0.717, 1.165) is 24.1 Å². The van der Waals surface area contributed by atoms with Gasteiger partial charge in [-0.25, -0.2) is 4.98 Å². The van der Waals surface area contributed by atoms with Gasteiger partial charge < -0.3 is 5.32 Å². The van der Waals surface area contributed by atoms with Gasteiger partial charge in [0.05, 0.1) is 22.3 Å². The number of amides is 1. The second-order valence-electron chi connectivity index (χ2n) is 8.06. The molecule has 0 radical (unpaired) electrons. The van der Waals surface area contributed by atoms with Gasteiger partial charge in [0.25, 0.3) is 5.56 Å². The van der Waals surface area contributed by atoms with Gasteiger partial charge in [-0.3, -0.25) is 14.2 Å². The van der Waals surface area contributed by atoms with Gasteiger partial charge in [0.15, 0.2) is 5.16 Å². The third-order valence-electron chi connectivity index (χ3n) is 5.89. The number of nitrogens with zero attached hydrogens (tertiary/aromatic N) is 2. The summed E-state index contributed by atoms with van der Waals surface area (Å²) in [6.07, 6.45) is 4.62. The molecule has 1 fully saturated rings. The summed E-state index contributed by atoms with van der Waals surface area (Å²) in [5.41, 5.74) is 2.32. The van der Waals surface area contributed by atoms with Crippen LogP contribution >= 0.6 is 11.8 Å². The van der Waals surface area contributed by atoms with Crippen molar-refractivity contribution in [3.63, 3.8) is 0 Å². The van der Waals surface area contributed by atoms with Gasteiger partial charge in [-0.1, -0.05) is 61.9 Å². The fourth-order valence-corrected chi connectivity index (χ4v) is 4.96. The van der Waals surface area contributed by atoms with Crippen molar-refractivity contribution >= 4 is 28.6 Å². The molecular weight excluding hydrogens is 394 g/mol. The van der Waals surface area contributed by atoms with Crippen LogP contribution in [0.4, 0.5) is 0 Å². The van der Waals surface area contributed by atoms with E-state index in [2.05, 4.69) is 12.2 Å². The Morgan fingerprint density at radius 2 is 1.87 bits per heavy atom. The van der Waals surface area contributed by atoms with E-state index in [-0.39, 0.29) is 23.3 Å². The highest BCUT2D eigenvalue weighted by Crippen LogP contribution is 2.25. The van der Waals surface area contributed by atoms with Crippen LogP contribution in [0.15, 0.2) is 58.5 Å².